The summed E-state index contributed by atoms with van der Waals surface area (Å²) >= 11 is 0. The van der Waals surface area contributed by atoms with Crippen molar-refractivity contribution in [3.63, 3.8) is 0 Å². The summed E-state index contributed by atoms with van der Waals surface area (Å²) in [7, 11) is 3.02. The molecule has 1 amide bonds. The lowest BCUT2D eigenvalue weighted by atomic mass is 9.95. The van der Waals surface area contributed by atoms with Gasteiger partial charge in [0.25, 0.3) is 0 Å². The lowest BCUT2D eigenvalue weighted by Crippen LogP contribution is -2.37. The normalized spacial score (nSPS) is 15.0. The predicted octanol–water partition coefficient (Wildman–Crippen LogP) is 3.11. The van der Waals surface area contributed by atoms with Crippen LogP contribution in [0.4, 0.5) is 0 Å². The van der Waals surface area contributed by atoms with Crippen LogP contribution in [0.15, 0.2) is 21.3 Å². The van der Waals surface area contributed by atoms with Crippen molar-refractivity contribution in [3.8, 4) is 11.5 Å². The van der Waals surface area contributed by atoms with E-state index in [9.17, 15) is 9.59 Å². The van der Waals surface area contributed by atoms with Crippen LogP contribution in [0.25, 0.3) is 11.0 Å². The van der Waals surface area contributed by atoms with Gasteiger partial charge in [-0.25, -0.2) is 4.79 Å². The van der Waals surface area contributed by atoms with Crippen molar-refractivity contribution in [2.45, 2.75) is 51.5 Å². The molecule has 6 nitrogen and oxygen atoms in total. The zero-order chi connectivity index (χ0) is 18.7. The van der Waals surface area contributed by atoms with Gasteiger partial charge >= 0.3 is 5.63 Å². The summed E-state index contributed by atoms with van der Waals surface area (Å²) in [4.78, 5) is 24.9. The number of fused-ring (bicyclic) bond motifs is 1. The first-order valence-electron chi connectivity index (χ1n) is 9.01. The second-order valence-corrected chi connectivity index (χ2v) is 6.75. The van der Waals surface area contributed by atoms with Gasteiger partial charge in [-0.3, -0.25) is 4.79 Å². The van der Waals surface area contributed by atoms with Gasteiger partial charge in [-0.05, 0) is 37.5 Å². The van der Waals surface area contributed by atoms with Gasteiger partial charge in [0.05, 0.1) is 26.2 Å². The Morgan fingerprint density at radius 3 is 2.58 bits per heavy atom. The highest BCUT2D eigenvalue weighted by molar-refractivity contribution is 5.89. The number of hydrogen-bond acceptors (Lipinski definition) is 5. The Kier molecular flexibility index (Phi) is 5.49. The number of hydrogen-bond donors (Lipinski definition) is 1. The van der Waals surface area contributed by atoms with E-state index in [4.69, 9.17) is 13.9 Å². The minimum atomic E-state index is -0.514. The lowest BCUT2D eigenvalue weighted by Gasteiger charge is -2.22. The van der Waals surface area contributed by atoms with Gasteiger partial charge in [0, 0.05) is 11.4 Å². The average Bonchev–Trinajstić information content (AvgIpc) is 2.65. The minimum absolute atomic E-state index is 0.0228. The van der Waals surface area contributed by atoms with Crippen LogP contribution in [-0.4, -0.2) is 26.2 Å². The number of amides is 1. The van der Waals surface area contributed by atoms with Crippen molar-refractivity contribution in [3.05, 3.63) is 33.7 Å². The third kappa shape index (κ3) is 3.54. The van der Waals surface area contributed by atoms with E-state index in [0.717, 1.165) is 36.6 Å². The highest BCUT2D eigenvalue weighted by atomic mass is 16.5. The van der Waals surface area contributed by atoms with Crippen molar-refractivity contribution in [1.29, 1.82) is 0 Å². The molecule has 0 unspecified atom stereocenters. The maximum Gasteiger partial charge on any atom is 0.340 e. The number of methoxy groups -OCH3 is 2. The maximum atomic E-state index is 12.5. The summed E-state index contributed by atoms with van der Waals surface area (Å²) in [5.74, 6) is 0.737. The van der Waals surface area contributed by atoms with Crippen molar-refractivity contribution >= 4 is 16.9 Å². The Labute approximate surface area is 152 Å². The lowest BCUT2D eigenvalue weighted by molar-refractivity contribution is -0.121. The van der Waals surface area contributed by atoms with Gasteiger partial charge in [-0.15, -0.1) is 0 Å². The molecule has 3 rings (SSSR count). The molecule has 1 N–H and O–H groups in total. The molecule has 1 fully saturated rings. The first kappa shape index (κ1) is 18.3. The van der Waals surface area contributed by atoms with Crippen LogP contribution in [0.1, 0.15) is 43.2 Å². The molecular weight excluding hydrogens is 334 g/mol. The van der Waals surface area contributed by atoms with Gasteiger partial charge in [0.2, 0.25) is 11.7 Å². The Bertz CT molecular complexity index is 865. The molecule has 0 saturated heterocycles. The van der Waals surface area contributed by atoms with E-state index < -0.39 is 5.63 Å². The third-order valence-electron chi connectivity index (χ3n) is 5.11. The van der Waals surface area contributed by atoms with Crippen molar-refractivity contribution in [2.24, 2.45) is 0 Å². The molecule has 26 heavy (non-hydrogen) atoms. The molecule has 6 heteroatoms. The van der Waals surface area contributed by atoms with Crippen LogP contribution in [0.5, 0.6) is 11.5 Å². The van der Waals surface area contributed by atoms with Crippen LogP contribution >= 0.6 is 0 Å². The smallest absolute Gasteiger partial charge is 0.340 e. The van der Waals surface area contributed by atoms with E-state index in [2.05, 4.69) is 5.32 Å². The summed E-state index contributed by atoms with van der Waals surface area (Å²) in [6.45, 7) is 1.83. The summed E-state index contributed by atoms with van der Waals surface area (Å²) in [6.07, 6.45) is 5.55. The first-order chi connectivity index (χ1) is 12.5. The van der Waals surface area contributed by atoms with E-state index in [1.807, 2.05) is 13.0 Å². The molecular formula is C20H25NO5. The topological polar surface area (TPSA) is 77.8 Å². The quantitative estimate of drug-likeness (QED) is 0.830. The SMILES string of the molecule is COc1ccc2c(C)c(CC(=O)NC3CCCCC3)c(=O)oc2c1OC. The highest BCUT2D eigenvalue weighted by Gasteiger charge is 2.21. The fraction of sp³-hybridized carbons (Fsp3) is 0.500. The van der Waals surface area contributed by atoms with Crippen molar-refractivity contribution < 1.29 is 18.7 Å². The van der Waals surface area contributed by atoms with Crippen LogP contribution in [-0.2, 0) is 11.2 Å². The van der Waals surface area contributed by atoms with Crippen LogP contribution < -0.4 is 20.4 Å². The third-order valence-corrected chi connectivity index (χ3v) is 5.11. The van der Waals surface area contributed by atoms with E-state index >= 15 is 0 Å². The number of rotatable bonds is 5. The number of benzene rings is 1. The molecule has 1 heterocycles. The fourth-order valence-corrected chi connectivity index (χ4v) is 3.66. The summed E-state index contributed by atoms with van der Waals surface area (Å²) in [5.41, 5.74) is 0.945. The molecule has 1 saturated carbocycles. The molecule has 1 aromatic carbocycles. The second-order valence-electron chi connectivity index (χ2n) is 6.75. The minimum Gasteiger partial charge on any atom is -0.493 e. The van der Waals surface area contributed by atoms with Crippen molar-refractivity contribution in [1.82, 2.24) is 5.32 Å². The van der Waals surface area contributed by atoms with E-state index in [-0.39, 0.29) is 18.4 Å². The number of carbonyl (C=O) groups excluding carboxylic acids is 1. The van der Waals surface area contributed by atoms with Gasteiger partial charge in [-0.1, -0.05) is 19.3 Å². The number of ether oxygens (including phenoxy) is 2. The summed E-state index contributed by atoms with van der Waals surface area (Å²) in [6, 6.07) is 3.80. The molecule has 140 valence electrons. The average molecular weight is 359 g/mol. The van der Waals surface area contributed by atoms with Crippen LogP contribution in [0.3, 0.4) is 0 Å². The molecule has 0 atom stereocenters. The molecule has 1 aliphatic carbocycles. The summed E-state index contributed by atoms with van der Waals surface area (Å²) in [5, 5.41) is 3.79. The molecule has 0 aliphatic heterocycles. The number of aryl methyl sites for hydroxylation is 1. The predicted molar refractivity (Wildman–Crippen MR) is 99.0 cm³/mol. The molecule has 0 spiro atoms. The van der Waals surface area contributed by atoms with E-state index in [1.54, 1.807) is 6.07 Å². The van der Waals surface area contributed by atoms with E-state index in [1.165, 1.54) is 20.6 Å². The van der Waals surface area contributed by atoms with Gasteiger partial charge < -0.3 is 19.2 Å². The molecule has 0 radical (unpaired) electrons. The zero-order valence-electron chi connectivity index (χ0n) is 15.5. The van der Waals surface area contributed by atoms with Gasteiger partial charge in [0.15, 0.2) is 11.3 Å². The van der Waals surface area contributed by atoms with Crippen molar-refractivity contribution in [2.75, 3.05) is 14.2 Å². The monoisotopic (exact) mass is 359 g/mol. The summed E-state index contributed by atoms with van der Waals surface area (Å²) < 4.78 is 16.1. The second kappa shape index (κ2) is 7.81. The first-order valence-corrected chi connectivity index (χ1v) is 9.01. The number of nitrogens with one attached hydrogen (secondary N) is 1. The van der Waals surface area contributed by atoms with Gasteiger partial charge in [0.1, 0.15) is 0 Å². The molecule has 1 aliphatic rings. The van der Waals surface area contributed by atoms with Gasteiger partial charge in [-0.2, -0.15) is 0 Å². The maximum absolute atomic E-state index is 12.5. The molecule has 1 aromatic heterocycles. The largest absolute Gasteiger partial charge is 0.493 e. The molecule has 2 aromatic rings. The van der Waals surface area contributed by atoms with Crippen LogP contribution in [0, 0.1) is 6.92 Å². The standard InChI is InChI=1S/C20H25NO5/c1-12-14-9-10-16(24-2)19(25-3)18(14)26-20(23)15(12)11-17(22)21-13-7-5-4-6-8-13/h9-10,13H,4-8,11H2,1-3H3,(H,21,22). The Balaban J connectivity index is 1.91. The van der Waals surface area contributed by atoms with Crippen LogP contribution in [0.2, 0.25) is 0 Å². The zero-order valence-corrected chi connectivity index (χ0v) is 15.5. The Morgan fingerprint density at radius 1 is 1.19 bits per heavy atom. The van der Waals surface area contributed by atoms with E-state index in [0.29, 0.717) is 22.6 Å². The Hall–Kier alpha value is -2.50. The molecule has 0 bridgehead atoms. The fourth-order valence-electron chi connectivity index (χ4n) is 3.66. The Morgan fingerprint density at radius 2 is 1.92 bits per heavy atom. The highest BCUT2D eigenvalue weighted by Crippen LogP contribution is 2.36. The number of carbonyl (C=O) groups is 1.